The minimum Gasteiger partial charge on any atom is -0.373 e. The summed E-state index contributed by atoms with van der Waals surface area (Å²) in [6.45, 7) is 4.05. The monoisotopic (exact) mass is 324 g/mol. The fraction of sp³-hybridized carbons (Fsp3) is 0.333. The summed E-state index contributed by atoms with van der Waals surface area (Å²) in [5, 5.41) is 7.44. The molecule has 1 aromatic carbocycles. The molecule has 0 bridgehead atoms. The highest BCUT2D eigenvalue weighted by Crippen LogP contribution is 2.33. The zero-order valence-corrected chi connectivity index (χ0v) is 13.8. The molecule has 1 heterocycles. The summed E-state index contributed by atoms with van der Waals surface area (Å²) in [7, 11) is 1.84. The summed E-state index contributed by atoms with van der Waals surface area (Å²) in [6, 6.07) is 5.39. The van der Waals surface area contributed by atoms with Crippen molar-refractivity contribution in [2.75, 3.05) is 17.7 Å². The molecule has 0 amide bonds. The van der Waals surface area contributed by atoms with E-state index in [2.05, 4.69) is 27.5 Å². The predicted molar refractivity (Wildman–Crippen MR) is 90.1 cm³/mol. The lowest BCUT2D eigenvalue weighted by Crippen LogP contribution is -2.07. The highest BCUT2D eigenvalue weighted by molar-refractivity contribution is 6.39. The number of nitrogens with one attached hydrogen (secondary N) is 2. The van der Waals surface area contributed by atoms with Crippen molar-refractivity contribution in [3.05, 3.63) is 39.6 Å². The number of halogens is 2. The van der Waals surface area contributed by atoms with E-state index in [0.717, 1.165) is 30.0 Å². The number of nitrogens with zero attached hydrogens (tertiary/aromatic N) is 2. The Morgan fingerprint density at radius 2 is 1.71 bits per heavy atom. The third kappa shape index (κ3) is 3.57. The number of hydrogen-bond donors (Lipinski definition) is 2. The van der Waals surface area contributed by atoms with Crippen LogP contribution in [-0.2, 0) is 6.42 Å². The van der Waals surface area contributed by atoms with Gasteiger partial charge in [0.15, 0.2) is 0 Å². The van der Waals surface area contributed by atoms with Crippen molar-refractivity contribution in [3.8, 4) is 0 Å². The molecular formula is C15H18Cl2N4. The predicted octanol–water partition coefficient (Wildman–Crippen LogP) is 4.83. The van der Waals surface area contributed by atoms with Crippen LogP contribution in [0.25, 0.3) is 0 Å². The summed E-state index contributed by atoms with van der Waals surface area (Å²) < 4.78 is 0. The smallest absolute Gasteiger partial charge is 0.139 e. The van der Waals surface area contributed by atoms with Crippen LogP contribution < -0.4 is 10.6 Å². The molecule has 0 aliphatic rings. The lowest BCUT2D eigenvalue weighted by Gasteiger charge is -2.15. The molecule has 0 saturated heterocycles. The van der Waals surface area contributed by atoms with E-state index in [-0.39, 0.29) is 0 Å². The number of anilines is 3. The van der Waals surface area contributed by atoms with Crippen LogP contribution in [0.15, 0.2) is 18.2 Å². The molecule has 2 N–H and O–H groups in total. The van der Waals surface area contributed by atoms with Crippen molar-refractivity contribution in [2.24, 2.45) is 0 Å². The maximum atomic E-state index is 6.20. The van der Waals surface area contributed by atoms with Gasteiger partial charge in [0.1, 0.15) is 17.5 Å². The van der Waals surface area contributed by atoms with Crippen molar-refractivity contribution in [3.63, 3.8) is 0 Å². The molecule has 0 fully saturated rings. The maximum absolute atomic E-state index is 6.20. The molecule has 4 nitrogen and oxygen atoms in total. The lowest BCUT2D eigenvalue weighted by atomic mass is 10.2. The van der Waals surface area contributed by atoms with E-state index in [9.17, 15) is 0 Å². The van der Waals surface area contributed by atoms with Gasteiger partial charge in [0.2, 0.25) is 0 Å². The van der Waals surface area contributed by atoms with Gasteiger partial charge in [0, 0.05) is 19.0 Å². The van der Waals surface area contributed by atoms with Crippen LogP contribution >= 0.6 is 23.2 Å². The molecule has 112 valence electrons. The van der Waals surface area contributed by atoms with Crippen LogP contribution in [-0.4, -0.2) is 17.0 Å². The van der Waals surface area contributed by atoms with Gasteiger partial charge >= 0.3 is 0 Å². The number of aryl methyl sites for hydroxylation is 1. The van der Waals surface area contributed by atoms with E-state index in [4.69, 9.17) is 23.2 Å². The number of para-hydroxylation sites is 1. The highest BCUT2D eigenvalue weighted by Gasteiger charge is 2.13. The second-order valence-electron chi connectivity index (χ2n) is 4.68. The number of aromatic nitrogens is 2. The van der Waals surface area contributed by atoms with Gasteiger partial charge in [-0.05, 0) is 25.5 Å². The molecule has 0 atom stereocenters. The van der Waals surface area contributed by atoms with Gasteiger partial charge in [-0.3, -0.25) is 0 Å². The summed E-state index contributed by atoms with van der Waals surface area (Å²) >= 11 is 12.4. The SMILES string of the molecule is CCCc1nc(NC)c(C)c(Nc2c(Cl)cccc2Cl)n1. The average molecular weight is 325 g/mol. The minimum absolute atomic E-state index is 0.559. The van der Waals surface area contributed by atoms with Crippen molar-refractivity contribution >= 4 is 40.5 Å². The van der Waals surface area contributed by atoms with Crippen molar-refractivity contribution in [1.29, 1.82) is 0 Å². The largest absolute Gasteiger partial charge is 0.373 e. The van der Waals surface area contributed by atoms with Crippen LogP contribution in [0.2, 0.25) is 10.0 Å². The Kier molecular flexibility index (Phi) is 5.26. The lowest BCUT2D eigenvalue weighted by molar-refractivity contribution is 0.835. The summed E-state index contributed by atoms with van der Waals surface area (Å²) in [5.74, 6) is 2.31. The summed E-state index contributed by atoms with van der Waals surface area (Å²) in [6.07, 6.45) is 1.80. The molecule has 2 aromatic rings. The van der Waals surface area contributed by atoms with Crippen LogP contribution in [0, 0.1) is 6.92 Å². The van der Waals surface area contributed by atoms with Gasteiger partial charge in [0.05, 0.1) is 15.7 Å². The Bertz CT molecular complexity index is 624. The minimum atomic E-state index is 0.559. The zero-order chi connectivity index (χ0) is 15.4. The first-order chi connectivity index (χ1) is 10.1. The van der Waals surface area contributed by atoms with E-state index in [1.807, 2.05) is 20.0 Å². The molecule has 0 unspecified atom stereocenters. The number of hydrogen-bond acceptors (Lipinski definition) is 4. The third-order valence-electron chi connectivity index (χ3n) is 3.11. The topological polar surface area (TPSA) is 49.8 Å². The zero-order valence-electron chi connectivity index (χ0n) is 12.3. The van der Waals surface area contributed by atoms with Crippen molar-refractivity contribution in [2.45, 2.75) is 26.7 Å². The normalized spacial score (nSPS) is 10.5. The standard InChI is InChI=1S/C15H18Cl2N4/c1-4-6-12-19-14(18-3)9(2)15(20-12)21-13-10(16)7-5-8-11(13)17/h5,7-8H,4,6H2,1-3H3,(H2,18,19,20,21). The fourth-order valence-electron chi connectivity index (χ4n) is 2.00. The fourth-order valence-corrected chi connectivity index (χ4v) is 2.49. The van der Waals surface area contributed by atoms with Crippen molar-refractivity contribution in [1.82, 2.24) is 9.97 Å². The molecule has 0 saturated carbocycles. The van der Waals surface area contributed by atoms with Gasteiger partial charge in [-0.25, -0.2) is 9.97 Å². The molecule has 21 heavy (non-hydrogen) atoms. The van der Waals surface area contributed by atoms with E-state index in [1.165, 1.54) is 0 Å². The second-order valence-corrected chi connectivity index (χ2v) is 5.50. The van der Waals surface area contributed by atoms with Crippen molar-refractivity contribution < 1.29 is 0 Å². The van der Waals surface area contributed by atoms with Gasteiger partial charge in [-0.1, -0.05) is 36.2 Å². The van der Waals surface area contributed by atoms with Gasteiger partial charge in [-0.2, -0.15) is 0 Å². The molecule has 1 aromatic heterocycles. The van der Waals surface area contributed by atoms with E-state index in [1.54, 1.807) is 12.1 Å². The average Bonchev–Trinajstić information content (AvgIpc) is 2.46. The van der Waals surface area contributed by atoms with Crippen LogP contribution in [0.1, 0.15) is 24.7 Å². The molecule has 0 radical (unpaired) electrons. The molecule has 0 aliphatic carbocycles. The first-order valence-corrected chi connectivity index (χ1v) is 7.58. The van der Waals surface area contributed by atoms with Gasteiger partial charge < -0.3 is 10.6 Å². The highest BCUT2D eigenvalue weighted by atomic mass is 35.5. The Hall–Kier alpha value is -1.52. The van der Waals surface area contributed by atoms with E-state index in [0.29, 0.717) is 21.6 Å². The molecule has 2 rings (SSSR count). The Labute approximate surface area is 134 Å². The Balaban J connectivity index is 2.45. The van der Waals surface area contributed by atoms with Crippen LogP contribution in [0.3, 0.4) is 0 Å². The van der Waals surface area contributed by atoms with E-state index >= 15 is 0 Å². The first kappa shape index (κ1) is 15.9. The summed E-state index contributed by atoms with van der Waals surface area (Å²) in [4.78, 5) is 9.07. The Morgan fingerprint density at radius 1 is 1.10 bits per heavy atom. The maximum Gasteiger partial charge on any atom is 0.139 e. The Morgan fingerprint density at radius 3 is 2.29 bits per heavy atom. The van der Waals surface area contributed by atoms with Crippen LogP contribution in [0.4, 0.5) is 17.3 Å². The van der Waals surface area contributed by atoms with Gasteiger partial charge in [0.25, 0.3) is 0 Å². The molecule has 6 heteroatoms. The second kappa shape index (κ2) is 6.96. The van der Waals surface area contributed by atoms with E-state index < -0.39 is 0 Å². The van der Waals surface area contributed by atoms with Crippen LogP contribution in [0.5, 0.6) is 0 Å². The van der Waals surface area contributed by atoms with Gasteiger partial charge in [-0.15, -0.1) is 0 Å². The number of rotatable bonds is 5. The third-order valence-corrected chi connectivity index (χ3v) is 3.74. The molecule has 0 aliphatic heterocycles. The molecular weight excluding hydrogens is 307 g/mol. The molecule has 0 spiro atoms. The first-order valence-electron chi connectivity index (χ1n) is 6.83. The quantitative estimate of drug-likeness (QED) is 0.827. The summed E-state index contributed by atoms with van der Waals surface area (Å²) in [5.41, 5.74) is 1.58. The number of benzene rings is 1.